The van der Waals surface area contributed by atoms with Gasteiger partial charge in [0, 0.05) is 5.56 Å². The van der Waals surface area contributed by atoms with Crippen LogP contribution in [0.25, 0.3) is 22.2 Å². The van der Waals surface area contributed by atoms with Gasteiger partial charge in [-0.15, -0.1) is 0 Å². The van der Waals surface area contributed by atoms with E-state index in [1.807, 2.05) is 6.92 Å². The Bertz CT molecular complexity index is 661. The highest BCUT2D eigenvalue weighted by atomic mass is 79.9. The molecular formula is C14H11BrN2. The van der Waals surface area contributed by atoms with E-state index in [0.717, 1.165) is 21.7 Å². The largest absolute Gasteiger partial charge is 0.332 e. The summed E-state index contributed by atoms with van der Waals surface area (Å²) in [6.45, 7) is 1.98. The fraction of sp³-hybridized carbons (Fsp3) is 0.0714. The van der Waals surface area contributed by atoms with Crippen molar-refractivity contribution in [1.29, 1.82) is 0 Å². The monoisotopic (exact) mass is 286 g/mol. The zero-order chi connectivity index (χ0) is 11.8. The van der Waals surface area contributed by atoms with Gasteiger partial charge in [-0.25, -0.2) is 4.98 Å². The summed E-state index contributed by atoms with van der Waals surface area (Å²) in [4.78, 5) is 7.79. The summed E-state index contributed by atoms with van der Waals surface area (Å²) >= 11 is 3.46. The summed E-state index contributed by atoms with van der Waals surface area (Å²) in [5, 5.41) is 2.45. The van der Waals surface area contributed by atoms with E-state index < -0.39 is 0 Å². The Hall–Kier alpha value is -1.61. The van der Waals surface area contributed by atoms with Crippen molar-refractivity contribution in [1.82, 2.24) is 9.97 Å². The van der Waals surface area contributed by atoms with Crippen LogP contribution in [0.2, 0.25) is 0 Å². The quantitative estimate of drug-likeness (QED) is 0.710. The summed E-state index contributed by atoms with van der Waals surface area (Å²) in [5.74, 6) is 0.908. The maximum absolute atomic E-state index is 4.53. The highest BCUT2D eigenvalue weighted by Gasteiger charge is 2.08. The van der Waals surface area contributed by atoms with Crippen LogP contribution in [0.4, 0.5) is 0 Å². The standard InChI is InChI=1S/C14H11BrN2/c1-9-13(15)17-14(16-9)12-8-4-6-10-5-2-3-7-11(10)12/h2-8H,1H3,(H,16,17). The van der Waals surface area contributed by atoms with E-state index >= 15 is 0 Å². The molecule has 0 aliphatic rings. The van der Waals surface area contributed by atoms with Crippen molar-refractivity contribution in [2.45, 2.75) is 6.92 Å². The Kier molecular flexibility index (Phi) is 2.48. The average Bonchev–Trinajstić information content (AvgIpc) is 2.69. The van der Waals surface area contributed by atoms with Gasteiger partial charge in [-0.05, 0) is 33.6 Å². The number of benzene rings is 2. The smallest absolute Gasteiger partial charge is 0.139 e. The molecule has 0 saturated carbocycles. The molecule has 1 aromatic heterocycles. The van der Waals surface area contributed by atoms with Crippen LogP contribution < -0.4 is 0 Å². The van der Waals surface area contributed by atoms with Gasteiger partial charge in [0.2, 0.25) is 0 Å². The lowest BCUT2D eigenvalue weighted by Crippen LogP contribution is -1.83. The number of hydrogen-bond donors (Lipinski definition) is 1. The topological polar surface area (TPSA) is 28.7 Å². The third kappa shape index (κ3) is 1.76. The second kappa shape index (κ2) is 4.00. The number of hydrogen-bond acceptors (Lipinski definition) is 1. The summed E-state index contributed by atoms with van der Waals surface area (Å²) in [5.41, 5.74) is 2.12. The molecule has 0 aliphatic heterocycles. The van der Waals surface area contributed by atoms with Crippen molar-refractivity contribution in [3.05, 3.63) is 52.8 Å². The number of nitrogens with zero attached hydrogens (tertiary/aromatic N) is 1. The summed E-state index contributed by atoms with van der Waals surface area (Å²) in [6, 6.07) is 14.6. The average molecular weight is 287 g/mol. The number of aromatic amines is 1. The van der Waals surface area contributed by atoms with Crippen molar-refractivity contribution in [3.8, 4) is 11.4 Å². The molecule has 3 heteroatoms. The molecule has 2 nitrogen and oxygen atoms in total. The van der Waals surface area contributed by atoms with Gasteiger partial charge in [0.15, 0.2) is 0 Å². The van der Waals surface area contributed by atoms with Gasteiger partial charge in [0.05, 0.1) is 5.69 Å². The second-order valence-electron chi connectivity index (χ2n) is 4.01. The van der Waals surface area contributed by atoms with E-state index in [4.69, 9.17) is 0 Å². The second-order valence-corrected chi connectivity index (χ2v) is 4.80. The van der Waals surface area contributed by atoms with Crippen LogP contribution in [-0.4, -0.2) is 9.97 Å². The van der Waals surface area contributed by atoms with E-state index in [9.17, 15) is 0 Å². The Balaban J connectivity index is 2.30. The van der Waals surface area contributed by atoms with Gasteiger partial charge in [-0.2, -0.15) is 0 Å². The Morgan fingerprint density at radius 3 is 2.59 bits per heavy atom. The number of nitrogens with one attached hydrogen (secondary N) is 1. The van der Waals surface area contributed by atoms with Crippen molar-refractivity contribution >= 4 is 26.7 Å². The van der Waals surface area contributed by atoms with Crippen LogP contribution in [-0.2, 0) is 0 Å². The first kappa shape index (κ1) is 10.5. The van der Waals surface area contributed by atoms with Crippen molar-refractivity contribution in [3.63, 3.8) is 0 Å². The van der Waals surface area contributed by atoms with Gasteiger partial charge < -0.3 is 4.98 Å². The summed E-state index contributed by atoms with van der Waals surface area (Å²) < 4.78 is 0.945. The van der Waals surface area contributed by atoms with Gasteiger partial charge in [0.1, 0.15) is 10.4 Å². The third-order valence-corrected chi connectivity index (χ3v) is 3.64. The molecule has 2 aromatic carbocycles. The lowest BCUT2D eigenvalue weighted by molar-refractivity contribution is 1.26. The molecule has 1 heterocycles. The zero-order valence-electron chi connectivity index (χ0n) is 9.37. The molecule has 3 aromatic rings. The van der Waals surface area contributed by atoms with Crippen LogP contribution in [0.15, 0.2) is 47.1 Å². The van der Waals surface area contributed by atoms with E-state index in [1.165, 1.54) is 10.8 Å². The molecule has 0 amide bonds. The minimum atomic E-state index is 0.908. The van der Waals surface area contributed by atoms with Crippen molar-refractivity contribution in [2.24, 2.45) is 0 Å². The van der Waals surface area contributed by atoms with Crippen molar-refractivity contribution < 1.29 is 0 Å². The maximum atomic E-state index is 4.53. The molecule has 0 spiro atoms. The molecule has 1 N–H and O–H groups in total. The Morgan fingerprint density at radius 2 is 1.82 bits per heavy atom. The van der Waals surface area contributed by atoms with Gasteiger partial charge in [-0.3, -0.25) is 0 Å². The van der Waals surface area contributed by atoms with Crippen LogP contribution in [0.5, 0.6) is 0 Å². The molecule has 0 radical (unpaired) electrons. The lowest BCUT2D eigenvalue weighted by Gasteiger charge is -2.03. The normalized spacial score (nSPS) is 10.9. The molecular weight excluding hydrogens is 276 g/mol. The number of rotatable bonds is 1. The lowest BCUT2D eigenvalue weighted by atomic mass is 10.0. The van der Waals surface area contributed by atoms with E-state index in [2.05, 4.69) is 68.4 Å². The number of imidazole rings is 1. The van der Waals surface area contributed by atoms with Gasteiger partial charge in [0.25, 0.3) is 0 Å². The molecule has 17 heavy (non-hydrogen) atoms. The highest BCUT2D eigenvalue weighted by Crippen LogP contribution is 2.28. The number of aryl methyl sites for hydroxylation is 1. The van der Waals surface area contributed by atoms with Crippen molar-refractivity contribution in [2.75, 3.05) is 0 Å². The first-order chi connectivity index (χ1) is 8.25. The van der Waals surface area contributed by atoms with E-state index in [0.29, 0.717) is 0 Å². The van der Waals surface area contributed by atoms with Crippen LogP contribution in [0.3, 0.4) is 0 Å². The first-order valence-corrected chi connectivity index (χ1v) is 6.25. The van der Waals surface area contributed by atoms with Crippen LogP contribution in [0, 0.1) is 6.92 Å². The number of H-pyrrole nitrogens is 1. The number of halogens is 1. The molecule has 0 unspecified atom stereocenters. The number of aromatic nitrogens is 2. The Labute approximate surface area is 108 Å². The highest BCUT2D eigenvalue weighted by molar-refractivity contribution is 9.10. The van der Waals surface area contributed by atoms with Gasteiger partial charge in [-0.1, -0.05) is 42.5 Å². The molecule has 3 rings (SSSR count). The Morgan fingerprint density at radius 1 is 1.06 bits per heavy atom. The molecule has 0 bridgehead atoms. The predicted molar refractivity (Wildman–Crippen MR) is 74.0 cm³/mol. The summed E-state index contributed by atoms with van der Waals surface area (Å²) in [7, 11) is 0. The molecule has 0 aliphatic carbocycles. The fourth-order valence-electron chi connectivity index (χ4n) is 2.00. The SMILES string of the molecule is Cc1nc(-c2cccc3ccccc23)[nH]c1Br. The molecule has 0 saturated heterocycles. The van der Waals surface area contributed by atoms with E-state index in [1.54, 1.807) is 0 Å². The summed E-state index contributed by atoms with van der Waals surface area (Å²) in [6.07, 6.45) is 0. The predicted octanol–water partition coefficient (Wildman–Crippen LogP) is 4.30. The van der Waals surface area contributed by atoms with E-state index in [-0.39, 0.29) is 0 Å². The fourth-order valence-corrected chi connectivity index (χ4v) is 2.28. The van der Waals surface area contributed by atoms with Crippen LogP contribution >= 0.6 is 15.9 Å². The maximum Gasteiger partial charge on any atom is 0.139 e. The first-order valence-electron chi connectivity index (χ1n) is 5.46. The number of fused-ring (bicyclic) bond motifs is 1. The molecule has 0 fully saturated rings. The molecule has 84 valence electrons. The zero-order valence-corrected chi connectivity index (χ0v) is 11.0. The van der Waals surface area contributed by atoms with Crippen LogP contribution in [0.1, 0.15) is 5.69 Å². The minimum absolute atomic E-state index is 0.908. The molecule has 0 atom stereocenters. The third-order valence-electron chi connectivity index (χ3n) is 2.87. The van der Waals surface area contributed by atoms with Gasteiger partial charge >= 0.3 is 0 Å². The minimum Gasteiger partial charge on any atom is -0.332 e.